The van der Waals surface area contributed by atoms with E-state index < -0.39 is 22.5 Å². The third-order valence-corrected chi connectivity index (χ3v) is 4.45. The summed E-state index contributed by atoms with van der Waals surface area (Å²) < 4.78 is 34.0. The number of nitrogens with zero attached hydrogens (tertiary/aromatic N) is 2. The van der Waals surface area contributed by atoms with Gasteiger partial charge in [0.1, 0.15) is 10.6 Å². The van der Waals surface area contributed by atoms with Crippen molar-refractivity contribution in [3.8, 4) is 5.75 Å². The molecule has 0 bridgehead atoms. The van der Waals surface area contributed by atoms with Gasteiger partial charge in [-0.2, -0.15) is 5.10 Å². The van der Waals surface area contributed by atoms with Crippen LogP contribution < -0.4 is 15.2 Å². The highest BCUT2D eigenvalue weighted by Gasteiger charge is 2.20. The SMILES string of the molecule is Cn1cc(CNS(=O)(=O)c2cc(Cl)ccc2OCC(N)=O)cn1. The highest BCUT2D eigenvalue weighted by Crippen LogP contribution is 2.27. The Hall–Kier alpha value is -2.10. The zero-order valence-electron chi connectivity index (χ0n) is 12.2. The number of carbonyl (C=O) groups excluding carboxylic acids is 1. The molecular formula is C13H15ClN4O4S. The third kappa shape index (κ3) is 4.68. The molecule has 2 aromatic rings. The van der Waals surface area contributed by atoms with Crippen molar-refractivity contribution in [1.29, 1.82) is 0 Å². The lowest BCUT2D eigenvalue weighted by Crippen LogP contribution is -2.25. The van der Waals surface area contributed by atoms with E-state index in [1.54, 1.807) is 24.1 Å². The lowest BCUT2D eigenvalue weighted by atomic mass is 10.3. The molecule has 23 heavy (non-hydrogen) atoms. The number of halogens is 1. The summed E-state index contributed by atoms with van der Waals surface area (Å²) in [6.45, 7) is -0.384. The molecular weight excluding hydrogens is 344 g/mol. The molecule has 0 aliphatic carbocycles. The first-order valence-electron chi connectivity index (χ1n) is 6.46. The molecule has 10 heteroatoms. The van der Waals surface area contributed by atoms with Crippen LogP contribution >= 0.6 is 11.6 Å². The van der Waals surface area contributed by atoms with E-state index >= 15 is 0 Å². The van der Waals surface area contributed by atoms with E-state index in [2.05, 4.69) is 9.82 Å². The number of amides is 1. The number of carbonyl (C=O) groups is 1. The fourth-order valence-electron chi connectivity index (χ4n) is 1.78. The molecule has 0 fully saturated rings. The molecule has 0 saturated heterocycles. The van der Waals surface area contributed by atoms with Crippen molar-refractivity contribution in [3.63, 3.8) is 0 Å². The summed E-state index contributed by atoms with van der Waals surface area (Å²) in [5, 5.41) is 4.18. The molecule has 1 aromatic carbocycles. The topological polar surface area (TPSA) is 116 Å². The van der Waals surface area contributed by atoms with Gasteiger partial charge in [0.25, 0.3) is 5.91 Å². The molecule has 1 heterocycles. The second-order valence-electron chi connectivity index (χ2n) is 4.69. The Kier molecular flexibility index (Phi) is 5.24. The van der Waals surface area contributed by atoms with Crippen LogP contribution in [0.2, 0.25) is 5.02 Å². The fourth-order valence-corrected chi connectivity index (χ4v) is 3.20. The number of primary amides is 1. The van der Waals surface area contributed by atoms with Crippen LogP contribution in [0.15, 0.2) is 35.5 Å². The summed E-state index contributed by atoms with van der Waals surface area (Å²) >= 11 is 5.85. The first-order valence-corrected chi connectivity index (χ1v) is 8.32. The van der Waals surface area contributed by atoms with Gasteiger partial charge < -0.3 is 10.5 Å². The monoisotopic (exact) mass is 358 g/mol. The molecule has 3 N–H and O–H groups in total. The van der Waals surface area contributed by atoms with Crippen molar-refractivity contribution in [1.82, 2.24) is 14.5 Å². The Morgan fingerprint density at radius 1 is 1.48 bits per heavy atom. The third-order valence-electron chi connectivity index (χ3n) is 2.79. The Labute approximate surface area is 138 Å². The average Bonchev–Trinajstić information content (AvgIpc) is 2.89. The van der Waals surface area contributed by atoms with Crippen LogP contribution in [0.1, 0.15) is 5.56 Å². The zero-order valence-corrected chi connectivity index (χ0v) is 13.8. The zero-order chi connectivity index (χ0) is 17.0. The second kappa shape index (κ2) is 6.99. The number of rotatable bonds is 7. The number of hydrogen-bond acceptors (Lipinski definition) is 5. The van der Waals surface area contributed by atoms with Gasteiger partial charge in [-0.05, 0) is 18.2 Å². The van der Waals surface area contributed by atoms with E-state index in [1.807, 2.05) is 0 Å². The second-order valence-corrected chi connectivity index (χ2v) is 6.86. The summed E-state index contributed by atoms with van der Waals surface area (Å²) in [4.78, 5) is 10.6. The molecule has 1 aromatic heterocycles. The number of sulfonamides is 1. The summed E-state index contributed by atoms with van der Waals surface area (Å²) in [6.07, 6.45) is 3.23. The van der Waals surface area contributed by atoms with Crippen molar-refractivity contribution in [2.75, 3.05) is 6.61 Å². The van der Waals surface area contributed by atoms with Crippen LogP contribution in [0.3, 0.4) is 0 Å². The minimum Gasteiger partial charge on any atom is -0.482 e. The Morgan fingerprint density at radius 2 is 2.22 bits per heavy atom. The molecule has 124 valence electrons. The highest BCUT2D eigenvalue weighted by molar-refractivity contribution is 7.89. The fraction of sp³-hybridized carbons (Fsp3) is 0.231. The summed E-state index contributed by atoms with van der Waals surface area (Å²) in [6, 6.07) is 4.06. The Morgan fingerprint density at radius 3 is 2.83 bits per heavy atom. The smallest absolute Gasteiger partial charge is 0.255 e. The molecule has 0 aliphatic heterocycles. The summed E-state index contributed by atoms with van der Waals surface area (Å²) in [7, 11) is -2.17. The van der Waals surface area contributed by atoms with Crippen molar-refractivity contribution in [2.24, 2.45) is 12.8 Å². The number of aryl methyl sites for hydroxylation is 1. The maximum absolute atomic E-state index is 12.4. The van der Waals surface area contributed by atoms with Crippen LogP contribution in [0.4, 0.5) is 0 Å². The lowest BCUT2D eigenvalue weighted by Gasteiger charge is -2.12. The highest BCUT2D eigenvalue weighted by atomic mass is 35.5. The van der Waals surface area contributed by atoms with E-state index in [9.17, 15) is 13.2 Å². The maximum atomic E-state index is 12.4. The van der Waals surface area contributed by atoms with E-state index in [4.69, 9.17) is 22.1 Å². The summed E-state index contributed by atoms with van der Waals surface area (Å²) in [5.74, 6) is -0.724. The molecule has 0 radical (unpaired) electrons. The first kappa shape index (κ1) is 17.3. The summed E-state index contributed by atoms with van der Waals surface area (Å²) in [5.41, 5.74) is 5.69. The van der Waals surface area contributed by atoms with Crippen LogP contribution in [0.5, 0.6) is 5.75 Å². The van der Waals surface area contributed by atoms with Crippen LogP contribution in [-0.4, -0.2) is 30.7 Å². The van der Waals surface area contributed by atoms with Gasteiger partial charge >= 0.3 is 0 Å². The molecule has 0 aliphatic rings. The lowest BCUT2D eigenvalue weighted by molar-refractivity contribution is -0.120. The van der Waals surface area contributed by atoms with Gasteiger partial charge in [0, 0.05) is 30.4 Å². The van der Waals surface area contributed by atoms with Crippen LogP contribution in [-0.2, 0) is 28.4 Å². The van der Waals surface area contributed by atoms with Gasteiger partial charge in [-0.3, -0.25) is 9.48 Å². The maximum Gasteiger partial charge on any atom is 0.255 e. The molecule has 2 rings (SSSR count). The van der Waals surface area contributed by atoms with Crippen LogP contribution in [0, 0.1) is 0 Å². The van der Waals surface area contributed by atoms with Gasteiger partial charge in [0.2, 0.25) is 10.0 Å². The van der Waals surface area contributed by atoms with Gasteiger partial charge in [0.05, 0.1) is 6.20 Å². The van der Waals surface area contributed by atoms with E-state index in [-0.39, 0.29) is 22.2 Å². The average molecular weight is 359 g/mol. The predicted octanol–water partition coefficient (Wildman–Crippen LogP) is 0.416. The van der Waals surface area contributed by atoms with Gasteiger partial charge in [-0.15, -0.1) is 0 Å². The number of nitrogens with one attached hydrogen (secondary N) is 1. The largest absolute Gasteiger partial charge is 0.482 e. The molecule has 0 saturated carbocycles. The molecule has 0 spiro atoms. The molecule has 1 amide bonds. The van der Waals surface area contributed by atoms with E-state index in [0.29, 0.717) is 5.56 Å². The molecule has 0 atom stereocenters. The standard InChI is InChI=1S/C13H15ClN4O4S/c1-18-7-9(5-16-18)6-17-23(20,21)12-4-10(14)2-3-11(12)22-8-13(15)19/h2-5,7,17H,6,8H2,1H3,(H2,15,19). The first-order chi connectivity index (χ1) is 10.8. The number of aromatic nitrogens is 2. The van der Waals surface area contributed by atoms with Gasteiger partial charge in [-0.1, -0.05) is 11.6 Å². The van der Waals surface area contributed by atoms with E-state index in [0.717, 1.165) is 0 Å². The van der Waals surface area contributed by atoms with Crippen molar-refractivity contribution >= 4 is 27.5 Å². The molecule has 8 nitrogen and oxygen atoms in total. The van der Waals surface area contributed by atoms with Crippen molar-refractivity contribution < 1.29 is 17.9 Å². The number of ether oxygens (including phenoxy) is 1. The Bertz CT molecular complexity index is 819. The van der Waals surface area contributed by atoms with Crippen molar-refractivity contribution in [2.45, 2.75) is 11.4 Å². The predicted molar refractivity (Wildman–Crippen MR) is 83.4 cm³/mol. The van der Waals surface area contributed by atoms with Gasteiger partial charge in [-0.25, -0.2) is 13.1 Å². The quantitative estimate of drug-likeness (QED) is 0.743. The minimum absolute atomic E-state index is 0.00751. The number of hydrogen-bond donors (Lipinski definition) is 2. The molecule has 0 unspecified atom stereocenters. The number of benzene rings is 1. The van der Waals surface area contributed by atoms with Crippen LogP contribution in [0.25, 0.3) is 0 Å². The van der Waals surface area contributed by atoms with E-state index in [1.165, 1.54) is 18.2 Å². The van der Waals surface area contributed by atoms with Crippen molar-refractivity contribution in [3.05, 3.63) is 41.2 Å². The normalized spacial score (nSPS) is 11.4. The number of nitrogens with two attached hydrogens (primary N) is 1. The minimum atomic E-state index is -3.90. The Balaban J connectivity index is 2.23. The van der Waals surface area contributed by atoms with Gasteiger partial charge in [0.15, 0.2) is 6.61 Å².